The molecular formula is C19H28N2O. The summed E-state index contributed by atoms with van der Waals surface area (Å²) in [6.07, 6.45) is 4.11. The van der Waals surface area contributed by atoms with E-state index in [0.717, 1.165) is 51.0 Å². The first-order valence-corrected chi connectivity index (χ1v) is 8.71. The van der Waals surface area contributed by atoms with E-state index in [1.165, 1.54) is 5.56 Å². The number of carbonyl (C=O) groups excluding carboxylic acids is 1. The van der Waals surface area contributed by atoms with E-state index in [0.29, 0.717) is 11.9 Å². The van der Waals surface area contributed by atoms with Crippen LogP contribution in [0.5, 0.6) is 0 Å². The molecule has 0 aliphatic carbocycles. The molecule has 2 aliphatic rings. The van der Waals surface area contributed by atoms with E-state index < -0.39 is 0 Å². The lowest BCUT2D eigenvalue weighted by Crippen LogP contribution is -2.46. The number of aryl methyl sites for hydroxylation is 1. The Morgan fingerprint density at radius 2 is 1.64 bits per heavy atom. The van der Waals surface area contributed by atoms with E-state index >= 15 is 0 Å². The summed E-state index contributed by atoms with van der Waals surface area (Å²) in [5, 5.41) is 0. The summed E-state index contributed by atoms with van der Waals surface area (Å²) in [5.74, 6) is 0.361. The van der Waals surface area contributed by atoms with Crippen LogP contribution in [-0.4, -0.2) is 36.5 Å². The second-order valence-electron chi connectivity index (χ2n) is 7.14. The number of anilines is 1. The third-order valence-corrected chi connectivity index (χ3v) is 5.65. The molecule has 0 saturated carbocycles. The summed E-state index contributed by atoms with van der Waals surface area (Å²) >= 11 is 0. The van der Waals surface area contributed by atoms with Gasteiger partial charge in [-0.2, -0.15) is 0 Å². The number of hydrogen-bond donors (Lipinski definition) is 0. The Morgan fingerprint density at radius 1 is 1.05 bits per heavy atom. The third kappa shape index (κ3) is 2.67. The van der Waals surface area contributed by atoms with Crippen LogP contribution in [-0.2, 0) is 11.2 Å². The maximum Gasteiger partial charge on any atom is 0.233 e. The minimum Gasteiger partial charge on any atom is -0.312 e. The van der Waals surface area contributed by atoms with E-state index in [1.807, 2.05) is 4.90 Å². The fourth-order valence-corrected chi connectivity index (χ4v) is 3.91. The molecule has 0 bridgehead atoms. The fraction of sp³-hybridized carbons (Fsp3) is 0.632. The van der Waals surface area contributed by atoms with E-state index in [4.69, 9.17) is 0 Å². The molecule has 0 atom stereocenters. The van der Waals surface area contributed by atoms with Crippen LogP contribution >= 0.6 is 0 Å². The van der Waals surface area contributed by atoms with Crippen LogP contribution in [0.1, 0.15) is 45.6 Å². The molecule has 1 aromatic rings. The highest BCUT2D eigenvalue weighted by Gasteiger charge is 2.48. The van der Waals surface area contributed by atoms with Gasteiger partial charge in [-0.3, -0.25) is 4.79 Å². The second-order valence-corrected chi connectivity index (χ2v) is 7.14. The number of rotatable bonds is 3. The van der Waals surface area contributed by atoms with E-state index in [2.05, 4.69) is 49.9 Å². The van der Waals surface area contributed by atoms with Gasteiger partial charge in [0.1, 0.15) is 0 Å². The molecule has 0 N–H and O–H groups in total. The lowest BCUT2D eigenvalue weighted by molar-refractivity contribution is -0.128. The van der Waals surface area contributed by atoms with Crippen molar-refractivity contribution in [1.82, 2.24) is 4.90 Å². The van der Waals surface area contributed by atoms with Crippen LogP contribution in [0.15, 0.2) is 24.3 Å². The van der Waals surface area contributed by atoms with E-state index in [9.17, 15) is 4.79 Å². The maximum absolute atomic E-state index is 13.0. The van der Waals surface area contributed by atoms with Crippen molar-refractivity contribution in [3.63, 3.8) is 0 Å². The average molecular weight is 300 g/mol. The summed E-state index contributed by atoms with van der Waals surface area (Å²) in [6.45, 7) is 9.66. The zero-order chi connectivity index (χ0) is 15.7. The Hall–Kier alpha value is -1.35. The molecule has 3 heteroatoms. The Bertz CT molecular complexity index is 527. The van der Waals surface area contributed by atoms with Gasteiger partial charge in [-0.25, -0.2) is 0 Å². The standard InChI is InChI=1S/C19H28N2O/c1-4-16-5-7-17(8-6-16)21-14-11-19(18(21)22)9-12-20(13-10-19)15(2)3/h5-8,15H,4,9-14H2,1-3H3. The summed E-state index contributed by atoms with van der Waals surface area (Å²) < 4.78 is 0. The first-order valence-electron chi connectivity index (χ1n) is 8.71. The largest absolute Gasteiger partial charge is 0.312 e. The Kier molecular flexibility index (Phi) is 4.26. The molecular weight excluding hydrogens is 272 g/mol. The van der Waals surface area contributed by atoms with Crippen molar-refractivity contribution in [1.29, 1.82) is 0 Å². The number of benzene rings is 1. The monoisotopic (exact) mass is 300 g/mol. The molecule has 3 nitrogen and oxygen atoms in total. The minimum absolute atomic E-state index is 0.0885. The summed E-state index contributed by atoms with van der Waals surface area (Å²) in [7, 11) is 0. The smallest absolute Gasteiger partial charge is 0.233 e. The molecule has 0 unspecified atom stereocenters. The number of likely N-dealkylation sites (tertiary alicyclic amines) is 1. The van der Waals surface area contributed by atoms with Gasteiger partial charge in [-0.1, -0.05) is 19.1 Å². The molecule has 1 amide bonds. The van der Waals surface area contributed by atoms with Gasteiger partial charge in [0.05, 0.1) is 5.41 Å². The predicted octanol–water partition coefficient (Wildman–Crippen LogP) is 3.48. The van der Waals surface area contributed by atoms with Crippen molar-refractivity contribution in [2.24, 2.45) is 5.41 Å². The van der Waals surface area contributed by atoms with Crippen LogP contribution in [0.3, 0.4) is 0 Å². The topological polar surface area (TPSA) is 23.6 Å². The molecule has 1 spiro atoms. The molecule has 2 saturated heterocycles. The van der Waals surface area contributed by atoms with Crippen LogP contribution < -0.4 is 4.90 Å². The molecule has 2 heterocycles. The highest BCUT2D eigenvalue weighted by Crippen LogP contribution is 2.43. The van der Waals surface area contributed by atoms with Gasteiger partial charge in [-0.05, 0) is 70.3 Å². The number of piperidine rings is 1. The lowest BCUT2D eigenvalue weighted by Gasteiger charge is -2.39. The van der Waals surface area contributed by atoms with Crippen LogP contribution in [0.25, 0.3) is 0 Å². The van der Waals surface area contributed by atoms with Gasteiger partial charge in [0, 0.05) is 18.3 Å². The van der Waals surface area contributed by atoms with Gasteiger partial charge in [-0.15, -0.1) is 0 Å². The number of hydrogen-bond acceptors (Lipinski definition) is 2. The number of nitrogens with zero attached hydrogens (tertiary/aromatic N) is 2. The SMILES string of the molecule is CCc1ccc(N2CCC3(CCN(C(C)C)CC3)C2=O)cc1. The Labute approximate surface area is 134 Å². The van der Waals surface area contributed by atoms with E-state index in [1.54, 1.807) is 0 Å². The van der Waals surface area contributed by atoms with Crippen molar-refractivity contribution in [2.75, 3.05) is 24.5 Å². The van der Waals surface area contributed by atoms with Crippen LogP contribution in [0.4, 0.5) is 5.69 Å². The zero-order valence-corrected chi connectivity index (χ0v) is 14.1. The summed E-state index contributed by atoms with van der Waals surface area (Å²) in [6, 6.07) is 9.11. The highest BCUT2D eigenvalue weighted by molar-refractivity contribution is 6.00. The average Bonchev–Trinajstić information content (AvgIpc) is 2.85. The number of carbonyl (C=O) groups is 1. The maximum atomic E-state index is 13.0. The summed E-state index contributed by atoms with van der Waals surface area (Å²) in [4.78, 5) is 17.5. The molecule has 2 fully saturated rings. The van der Waals surface area contributed by atoms with Gasteiger partial charge in [0.2, 0.25) is 5.91 Å². The van der Waals surface area contributed by atoms with Crippen molar-refractivity contribution in [2.45, 2.75) is 52.5 Å². The quantitative estimate of drug-likeness (QED) is 0.853. The molecule has 0 radical (unpaired) electrons. The minimum atomic E-state index is -0.0885. The third-order valence-electron chi connectivity index (χ3n) is 5.65. The summed E-state index contributed by atoms with van der Waals surface area (Å²) in [5.41, 5.74) is 2.31. The van der Waals surface area contributed by atoms with Gasteiger partial charge in [0.15, 0.2) is 0 Å². The van der Waals surface area contributed by atoms with Crippen molar-refractivity contribution < 1.29 is 4.79 Å². The first-order chi connectivity index (χ1) is 10.6. The van der Waals surface area contributed by atoms with Crippen LogP contribution in [0.2, 0.25) is 0 Å². The molecule has 1 aromatic carbocycles. The van der Waals surface area contributed by atoms with Crippen molar-refractivity contribution >= 4 is 11.6 Å². The highest BCUT2D eigenvalue weighted by atomic mass is 16.2. The lowest BCUT2D eigenvalue weighted by atomic mass is 9.77. The van der Waals surface area contributed by atoms with Crippen molar-refractivity contribution in [3.05, 3.63) is 29.8 Å². The van der Waals surface area contributed by atoms with Crippen LogP contribution in [0, 0.1) is 5.41 Å². The molecule has 22 heavy (non-hydrogen) atoms. The Morgan fingerprint density at radius 3 is 2.18 bits per heavy atom. The number of amides is 1. The van der Waals surface area contributed by atoms with Gasteiger partial charge >= 0.3 is 0 Å². The molecule has 2 aliphatic heterocycles. The Balaban J connectivity index is 1.72. The molecule has 3 rings (SSSR count). The van der Waals surface area contributed by atoms with Gasteiger partial charge < -0.3 is 9.80 Å². The molecule has 120 valence electrons. The van der Waals surface area contributed by atoms with Gasteiger partial charge in [0.25, 0.3) is 0 Å². The van der Waals surface area contributed by atoms with Crippen molar-refractivity contribution in [3.8, 4) is 0 Å². The first kappa shape index (κ1) is 15.5. The zero-order valence-electron chi connectivity index (χ0n) is 14.1. The molecule has 0 aromatic heterocycles. The van der Waals surface area contributed by atoms with E-state index in [-0.39, 0.29) is 5.41 Å². The second kappa shape index (κ2) is 6.04. The normalized spacial score (nSPS) is 22.0. The fourth-order valence-electron chi connectivity index (χ4n) is 3.91. The predicted molar refractivity (Wildman–Crippen MR) is 91.2 cm³/mol.